The fourth-order valence-corrected chi connectivity index (χ4v) is 7.05. The molecule has 10 heteroatoms. The zero-order valence-electron chi connectivity index (χ0n) is 8.88. The Hall–Kier alpha value is -0.420. The van der Waals surface area contributed by atoms with Gasteiger partial charge in [0.1, 0.15) is 14.8 Å². The maximum Gasteiger partial charge on any atom is 0.345 e. The summed E-state index contributed by atoms with van der Waals surface area (Å²) in [5, 5.41) is 9.04. The highest BCUT2D eigenvalue weighted by molar-refractivity contribution is 9.12. The molecule has 0 spiro atoms. The van der Waals surface area contributed by atoms with Crippen LogP contribution in [0.25, 0.3) is 0 Å². The van der Waals surface area contributed by atoms with Crippen LogP contribution in [0.3, 0.4) is 0 Å². The fraction of sp³-hybridized carbons (Fsp3) is 0. The number of hydrogen-bond acceptors (Lipinski definition) is 5. The average Bonchev–Trinajstić information content (AvgIpc) is 2.85. The summed E-state index contributed by atoms with van der Waals surface area (Å²) in [7, 11) is -3.73. The number of nitrogens with one attached hydrogen (secondary N) is 1. The molecule has 2 heterocycles. The van der Waals surface area contributed by atoms with E-state index in [1.54, 1.807) is 0 Å². The first-order valence-corrected chi connectivity index (χ1v) is 9.30. The second kappa shape index (κ2) is 5.52. The van der Waals surface area contributed by atoms with Crippen LogP contribution >= 0.6 is 54.5 Å². The van der Waals surface area contributed by atoms with E-state index in [-0.39, 0.29) is 14.8 Å². The Bertz CT molecular complexity index is 734. The van der Waals surface area contributed by atoms with Crippen molar-refractivity contribution in [1.82, 2.24) is 0 Å². The molecule has 0 unspecified atom stereocenters. The molecule has 0 aliphatic heterocycles. The van der Waals surface area contributed by atoms with Gasteiger partial charge in [-0.2, -0.15) is 0 Å². The summed E-state index contributed by atoms with van der Waals surface area (Å²) in [6.45, 7) is 0. The molecule has 0 radical (unpaired) electrons. The van der Waals surface area contributed by atoms with Crippen LogP contribution < -0.4 is 4.72 Å². The van der Waals surface area contributed by atoms with Crippen molar-refractivity contribution in [2.45, 2.75) is 4.90 Å². The molecule has 2 aromatic rings. The number of sulfonamides is 1. The van der Waals surface area contributed by atoms with Gasteiger partial charge in [-0.25, -0.2) is 13.2 Å². The fourth-order valence-electron chi connectivity index (χ4n) is 1.20. The molecule has 0 aliphatic carbocycles. The SMILES string of the molecule is O=C(O)c1ccc(NS(=O)(=O)c2cc(Br)sc2Br)s1. The molecule has 0 aromatic carbocycles. The molecular weight excluding hydrogens is 442 g/mol. The van der Waals surface area contributed by atoms with Gasteiger partial charge < -0.3 is 5.11 Å². The number of aromatic carboxylic acids is 1. The number of carboxylic acid groups (broad SMARTS) is 1. The molecule has 0 saturated heterocycles. The lowest BCUT2D eigenvalue weighted by molar-refractivity contribution is 0.0702. The quantitative estimate of drug-likeness (QED) is 0.747. The third kappa shape index (κ3) is 3.37. The van der Waals surface area contributed by atoms with Crippen molar-refractivity contribution in [3.8, 4) is 0 Å². The first kappa shape index (κ1) is 15.0. The molecule has 0 bridgehead atoms. The van der Waals surface area contributed by atoms with E-state index >= 15 is 0 Å². The second-order valence-corrected chi connectivity index (χ2v) is 9.75. The lowest BCUT2D eigenvalue weighted by Crippen LogP contribution is -2.11. The monoisotopic (exact) mass is 445 g/mol. The van der Waals surface area contributed by atoms with Gasteiger partial charge in [-0.05, 0) is 50.1 Å². The summed E-state index contributed by atoms with van der Waals surface area (Å²) in [5.41, 5.74) is 0. The Morgan fingerprint density at radius 1 is 1.26 bits per heavy atom. The molecular formula is C9H5Br2NO4S3. The number of halogens is 2. The van der Waals surface area contributed by atoms with E-state index in [0.29, 0.717) is 7.57 Å². The summed E-state index contributed by atoms with van der Waals surface area (Å²) in [6, 6.07) is 4.24. The summed E-state index contributed by atoms with van der Waals surface area (Å²) in [6.07, 6.45) is 0. The van der Waals surface area contributed by atoms with Gasteiger partial charge in [-0.1, -0.05) is 0 Å². The minimum Gasteiger partial charge on any atom is -0.477 e. The number of rotatable bonds is 4. The predicted octanol–water partition coefficient (Wildman–Crippen LogP) is 3.83. The van der Waals surface area contributed by atoms with Gasteiger partial charge >= 0.3 is 5.97 Å². The first-order chi connectivity index (χ1) is 8.79. The number of carbonyl (C=O) groups is 1. The van der Waals surface area contributed by atoms with Crippen LogP contribution in [0.2, 0.25) is 0 Å². The van der Waals surface area contributed by atoms with Crippen LogP contribution in [-0.2, 0) is 10.0 Å². The van der Waals surface area contributed by atoms with Gasteiger partial charge in [0.15, 0.2) is 0 Å². The van der Waals surface area contributed by atoms with E-state index in [4.69, 9.17) is 5.11 Å². The lowest BCUT2D eigenvalue weighted by atomic mass is 10.5. The van der Waals surface area contributed by atoms with E-state index in [1.807, 2.05) is 0 Å². The Morgan fingerprint density at radius 3 is 2.42 bits per heavy atom. The van der Waals surface area contributed by atoms with Gasteiger partial charge in [-0.15, -0.1) is 22.7 Å². The van der Waals surface area contributed by atoms with E-state index in [1.165, 1.54) is 29.5 Å². The van der Waals surface area contributed by atoms with Crippen molar-refractivity contribution >= 4 is 75.5 Å². The minimum atomic E-state index is -3.73. The predicted molar refractivity (Wildman–Crippen MR) is 81.8 cm³/mol. The molecule has 2 rings (SSSR count). The third-order valence-corrected chi connectivity index (χ3v) is 7.21. The smallest absolute Gasteiger partial charge is 0.345 e. The molecule has 2 N–H and O–H groups in total. The number of thiophene rings is 2. The van der Waals surface area contributed by atoms with Crippen LogP contribution in [0.15, 0.2) is 30.7 Å². The Morgan fingerprint density at radius 2 is 1.95 bits per heavy atom. The molecule has 2 aromatic heterocycles. The highest BCUT2D eigenvalue weighted by Crippen LogP contribution is 2.36. The summed E-state index contributed by atoms with van der Waals surface area (Å²) >= 11 is 8.48. The van der Waals surface area contributed by atoms with Crippen LogP contribution in [0, 0.1) is 0 Å². The summed E-state index contributed by atoms with van der Waals surface area (Å²) in [4.78, 5) is 10.9. The first-order valence-electron chi connectivity index (χ1n) is 4.60. The van der Waals surface area contributed by atoms with Crippen LogP contribution in [0.4, 0.5) is 5.00 Å². The lowest BCUT2D eigenvalue weighted by Gasteiger charge is -2.03. The van der Waals surface area contributed by atoms with Crippen LogP contribution in [0.5, 0.6) is 0 Å². The maximum absolute atomic E-state index is 12.1. The number of anilines is 1. The molecule has 0 atom stereocenters. The standard InChI is InChI=1S/C9H5Br2NO4S3/c10-6-3-5(8(11)18-6)19(15,16)12-7-2-1-4(17-7)9(13)14/h1-3,12H,(H,13,14). The summed E-state index contributed by atoms with van der Waals surface area (Å²) in [5.74, 6) is -1.09. The van der Waals surface area contributed by atoms with Crippen molar-refractivity contribution in [3.63, 3.8) is 0 Å². The minimum absolute atomic E-state index is 0.0725. The second-order valence-electron chi connectivity index (χ2n) is 3.26. The zero-order chi connectivity index (χ0) is 14.2. The normalized spacial score (nSPS) is 11.5. The van der Waals surface area contributed by atoms with E-state index < -0.39 is 16.0 Å². The van der Waals surface area contributed by atoms with E-state index in [2.05, 4.69) is 36.6 Å². The van der Waals surface area contributed by atoms with Crippen molar-refractivity contribution in [2.75, 3.05) is 4.72 Å². The summed E-state index contributed by atoms with van der Waals surface area (Å²) < 4.78 is 27.7. The van der Waals surface area contributed by atoms with Gasteiger partial charge in [-0.3, -0.25) is 4.72 Å². The molecule has 0 fully saturated rings. The maximum atomic E-state index is 12.1. The molecule has 19 heavy (non-hydrogen) atoms. The number of carboxylic acids is 1. The van der Waals surface area contributed by atoms with Gasteiger partial charge in [0.25, 0.3) is 10.0 Å². The Labute approximate surface area is 133 Å². The van der Waals surface area contributed by atoms with Crippen LogP contribution in [-0.4, -0.2) is 19.5 Å². The zero-order valence-corrected chi connectivity index (χ0v) is 14.5. The van der Waals surface area contributed by atoms with Crippen LogP contribution in [0.1, 0.15) is 9.67 Å². The van der Waals surface area contributed by atoms with Gasteiger partial charge in [0, 0.05) is 0 Å². The largest absolute Gasteiger partial charge is 0.477 e. The highest BCUT2D eigenvalue weighted by atomic mass is 79.9. The van der Waals surface area contributed by atoms with Crippen molar-refractivity contribution in [1.29, 1.82) is 0 Å². The third-order valence-electron chi connectivity index (χ3n) is 1.97. The van der Waals surface area contributed by atoms with Gasteiger partial charge in [0.05, 0.1) is 7.57 Å². The molecule has 0 saturated carbocycles. The Kier molecular flexibility index (Phi) is 4.35. The number of hydrogen-bond donors (Lipinski definition) is 2. The topological polar surface area (TPSA) is 83.5 Å². The van der Waals surface area contributed by atoms with Crippen molar-refractivity contribution in [2.24, 2.45) is 0 Å². The average molecular weight is 447 g/mol. The van der Waals surface area contributed by atoms with Crippen molar-refractivity contribution < 1.29 is 18.3 Å². The highest BCUT2D eigenvalue weighted by Gasteiger charge is 2.21. The van der Waals surface area contributed by atoms with E-state index in [0.717, 1.165) is 11.3 Å². The van der Waals surface area contributed by atoms with Crippen molar-refractivity contribution in [3.05, 3.63) is 30.6 Å². The molecule has 5 nitrogen and oxygen atoms in total. The molecule has 0 amide bonds. The Balaban J connectivity index is 2.31. The molecule has 0 aliphatic rings. The molecule has 102 valence electrons. The van der Waals surface area contributed by atoms with E-state index in [9.17, 15) is 13.2 Å². The van der Waals surface area contributed by atoms with Gasteiger partial charge in [0.2, 0.25) is 0 Å².